The Morgan fingerprint density at radius 2 is 2.14 bits per heavy atom. The van der Waals surface area contributed by atoms with Crippen molar-refractivity contribution in [3.8, 4) is 6.07 Å². The van der Waals surface area contributed by atoms with Crippen LogP contribution in [0.4, 0.5) is 0 Å². The minimum atomic E-state index is -3.81. The molecule has 0 aromatic carbocycles. The Hall–Kier alpha value is -2.37. The van der Waals surface area contributed by atoms with Crippen molar-refractivity contribution >= 4 is 10.0 Å². The molecule has 0 radical (unpaired) electrons. The molecule has 0 atom stereocenters. The third-order valence-electron chi connectivity index (χ3n) is 2.78. The summed E-state index contributed by atoms with van der Waals surface area (Å²) in [6.45, 7) is 0.0643. The van der Waals surface area contributed by atoms with Gasteiger partial charge in [-0.15, -0.1) is 0 Å². The first-order valence-electron chi connectivity index (χ1n) is 6.12. The van der Waals surface area contributed by atoms with Gasteiger partial charge in [0, 0.05) is 25.2 Å². The van der Waals surface area contributed by atoms with E-state index in [0.717, 1.165) is 16.6 Å². The van der Waals surface area contributed by atoms with Crippen LogP contribution in [0.1, 0.15) is 12.2 Å². The van der Waals surface area contributed by atoms with Gasteiger partial charge in [0.25, 0.3) is 0 Å². The Morgan fingerprint density at radius 1 is 1.33 bits per heavy atom. The van der Waals surface area contributed by atoms with Crippen molar-refractivity contribution in [2.24, 2.45) is 0 Å². The zero-order chi connectivity index (χ0) is 15.3. The largest absolute Gasteiger partial charge is 0.468 e. The summed E-state index contributed by atoms with van der Waals surface area (Å²) < 4.78 is 31.3. The monoisotopic (exact) mass is 307 g/mol. The fraction of sp³-hybridized carbons (Fsp3) is 0.231. The van der Waals surface area contributed by atoms with Crippen LogP contribution in [-0.2, 0) is 16.6 Å². The quantitative estimate of drug-likeness (QED) is 0.859. The maximum atomic E-state index is 12.5. The van der Waals surface area contributed by atoms with Crippen LogP contribution in [0.15, 0.2) is 50.8 Å². The lowest BCUT2D eigenvalue weighted by molar-refractivity contribution is 0.368. The molecule has 0 fully saturated rings. The second-order valence-electron chi connectivity index (χ2n) is 4.21. The summed E-state index contributed by atoms with van der Waals surface area (Å²) in [6, 6.07) is 7.60. The summed E-state index contributed by atoms with van der Waals surface area (Å²) in [5, 5.41) is 8.67. The number of pyridine rings is 1. The maximum absolute atomic E-state index is 12.5. The highest BCUT2D eigenvalue weighted by Gasteiger charge is 2.25. The first-order chi connectivity index (χ1) is 10.0. The Bertz CT molecular complexity index is 767. The zero-order valence-corrected chi connectivity index (χ0v) is 11.8. The molecular formula is C13H13N3O4S. The van der Waals surface area contributed by atoms with E-state index in [2.05, 4.69) is 4.98 Å². The summed E-state index contributed by atoms with van der Waals surface area (Å²) in [5.41, 5.74) is -0.386. The third kappa shape index (κ3) is 3.59. The Balaban J connectivity index is 2.32. The number of H-pyrrole nitrogens is 1. The van der Waals surface area contributed by atoms with E-state index in [0.29, 0.717) is 5.76 Å². The number of rotatable bonds is 6. The van der Waals surface area contributed by atoms with Gasteiger partial charge in [0.2, 0.25) is 15.6 Å². The van der Waals surface area contributed by atoms with Crippen molar-refractivity contribution in [2.75, 3.05) is 6.54 Å². The first kappa shape index (κ1) is 15.0. The van der Waals surface area contributed by atoms with Gasteiger partial charge in [-0.1, -0.05) is 0 Å². The molecule has 2 heterocycles. The number of sulfonamides is 1. The molecule has 0 aliphatic carbocycles. The maximum Gasteiger partial charge on any atom is 0.247 e. The van der Waals surface area contributed by atoms with E-state index < -0.39 is 10.0 Å². The van der Waals surface area contributed by atoms with E-state index in [1.807, 2.05) is 6.07 Å². The molecule has 2 aromatic heterocycles. The Kier molecular flexibility index (Phi) is 4.57. The Morgan fingerprint density at radius 3 is 2.71 bits per heavy atom. The number of nitriles is 1. The van der Waals surface area contributed by atoms with Gasteiger partial charge in [0.05, 0.1) is 23.8 Å². The minimum Gasteiger partial charge on any atom is -0.468 e. The van der Waals surface area contributed by atoms with Crippen LogP contribution >= 0.6 is 0 Å². The normalized spacial score (nSPS) is 11.4. The van der Waals surface area contributed by atoms with Crippen LogP contribution in [-0.4, -0.2) is 24.3 Å². The highest BCUT2D eigenvalue weighted by atomic mass is 32.2. The average Bonchev–Trinajstić information content (AvgIpc) is 2.96. The Labute approximate surface area is 121 Å². The lowest BCUT2D eigenvalue weighted by Crippen LogP contribution is -2.31. The fourth-order valence-corrected chi connectivity index (χ4v) is 3.12. The molecule has 21 heavy (non-hydrogen) atoms. The molecule has 0 aliphatic heterocycles. The number of hydrogen-bond donors (Lipinski definition) is 1. The molecule has 0 spiro atoms. The van der Waals surface area contributed by atoms with Crippen molar-refractivity contribution in [3.05, 3.63) is 52.8 Å². The van der Waals surface area contributed by atoms with Crippen molar-refractivity contribution in [1.29, 1.82) is 5.26 Å². The lowest BCUT2D eigenvalue weighted by Gasteiger charge is -2.19. The molecule has 0 unspecified atom stereocenters. The molecule has 2 aromatic rings. The summed E-state index contributed by atoms with van der Waals surface area (Å²) in [4.78, 5) is 13.3. The highest BCUT2D eigenvalue weighted by molar-refractivity contribution is 7.89. The van der Waals surface area contributed by atoms with Crippen LogP contribution in [0.2, 0.25) is 0 Å². The standard InChI is InChI=1S/C13H13N3O4S/c14-6-2-7-16(10-11-3-1-8-20-11)21(18,19)12-4-5-13(17)15-9-12/h1,3-5,8-9H,2,7,10H2,(H,15,17). The van der Waals surface area contributed by atoms with Gasteiger partial charge in [-0.2, -0.15) is 9.57 Å². The molecule has 0 amide bonds. The number of nitrogens with one attached hydrogen (secondary N) is 1. The van der Waals surface area contributed by atoms with Gasteiger partial charge in [-0.05, 0) is 18.2 Å². The molecule has 7 nitrogen and oxygen atoms in total. The third-order valence-corrected chi connectivity index (χ3v) is 4.62. The number of aromatic nitrogens is 1. The molecule has 0 saturated carbocycles. The predicted molar refractivity (Wildman–Crippen MR) is 73.6 cm³/mol. The molecule has 0 bridgehead atoms. The minimum absolute atomic E-state index is 0.0239. The van der Waals surface area contributed by atoms with Gasteiger partial charge in [0.15, 0.2) is 0 Å². The number of nitrogens with zero attached hydrogens (tertiary/aromatic N) is 2. The average molecular weight is 307 g/mol. The lowest BCUT2D eigenvalue weighted by atomic mass is 10.4. The van der Waals surface area contributed by atoms with Gasteiger partial charge in [-0.25, -0.2) is 8.42 Å². The summed E-state index contributed by atoms with van der Waals surface area (Å²) in [5.74, 6) is 0.473. The second-order valence-corrected chi connectivity index (χ2v) is 6.15. The first-order valence-corrected chi connectivity index (χ1v) is 7.56. The van der Waals surface area contributed by atoms with Gasteiger partial charge >= 0.3 is 0 Å². The van der Waals surface area contributed by atoms with E-state index in [4.69, 9.17) is 9.68 Å². The van der Waals surface area contributed by atoms with Gasteiger partial charge < -0.3 is 9.40 Å². The van der Waals surface area contributed by atoms with Crippen LogP contribution in [0, 0.1) is 11.3 Å². The van der Waals surface area contributed by atoms with E-state index in [9.17, 15) is 13.2 Å². The van der Waals surface area contributed by atoms with E-state index >= 15 is 0 Å². The van der Waals surface area contributed by atoms with Gasteiger partial charge in [-0.3, -0.25) is 4.79 Å². The van der Waals surface area contributed by atoms with Crippen LogP contribution in [0.5, 0.6) is 0 Å². The van der Waals surface area contributed by atoms with Gasteiger partial charge in [0.1, 0.15) is 5.76 Å². The fourth-order valence-electron chi connectivity index (χ4n) is 1.74. The van der Waals surface area contributed by atoms with Crippen molar-refractivity contribution < 1.29 is 12.8 Å². The van der Waals surface area contributed by atoms with Crippen LogP contribution in [0.25, 0.3) is 0 Å². The second kappa shape index (κ2) is 6.39. The van der Waals surface area contributed by atoms with E-state index in [-0.39, 0.29) is 30.0 Å². The highest BCUT2D eigenvalue weighted by Crippen LogP contribution is 2.17. The van der Waals surface area contributed by atoms with Crippen molar-refractivity contribution in [1.82, 2.24) is 9.29 Å². The van der Waals surface area contributed by atoms with Crippen molar-refractivity contribution in [3.63, 3.8) is 0 Å². The predicted octanol–water partition coefficient (Wildman–Crippen LogP) is 1.07. The molecular weight excluding hydrogens is 294 g/mol. The summed E-state index contributed by atoms with van der Waals surface area (Å²) in [6.07, 6.45) is 2.65. The summed E-state index contributed by atoms with van der Waals surface area (Å²) >= 11 is 0. The SMILES string of the molecule is N#CCCN(Cc1ccco1)S(=O)(=O)c1ccc(=O)[nH]c1. The molecule has 0 saturated heterocycles. The molecule has 8 heteroatoms. The van der Waals surface area contributed by atoms with Crippen LogP contribution in [0.3, 0.4) is 0 Å². The number of hydrogen-bond acceptors (Lipinski definition) is 5. The number of aromatic amines is 1. The van der Waals surface area contributed by atoms with E-state index in [1.54, 1.807) is 12.1 Å². The number of furan rings is 1. The van der Waals surface area contributed by atoms with Crippen molar-refractivity contribution in [2.45, 2.75) is 17.9 Å². The molecule has 110 valence electrons. The molecule has 1 N–H and O–H groups in total. The molecule has 0 aliphatic rings. The smallest absolute Gasteiger partial charge is 0.247 e. The molecule has 2 rings (SSSR count). The topological polar surface area (TPSA) is 107 Å². The van der Waals surface area contributed by atoms with Crippen LogP contribution < -0.4 is 5.56 Å². The summed E-state index contributed by atoms with van der Waals surface area (Å²) in [7, 11) is -3.81. The van der Waals surface area contributed by atoms with E-state index in [1.165, 1.54) is 12.3 Å². The zero-order valence-electron chi connectivity index (χ0n) is 11.0.